The monoisotopic (exact) mass is 214 g/mol. The molecular weight excluding hydrogens is 204 g/mol. The van der Waals surface area contributed by atoms with E-state index < -0.39 is 0 Å². The molecule has 0 amide bonds. The molecule has 16 heavy (non-hydrogen) atoms. The summed E-state index contributed by atoms with van der Waals surface area (Å²) in [5.41, 5.74) is 3.45. The molecule has 4 heteroatoms. The minimum Gasteiger partial charge on any atom is -0.441 e. The molecule has 3 aromatic rings. The average Bonchev–Trinajstić information content (AvgIpc) is 2.81. The largest absolute Gasteiger partial charge is 0.441 e. The van der Waals surface area contributed by atoms with Crippen molar-refractivity contribution in [2.24, 2.45) is 0 Å². The molecule has 1 aromatic carbocycles. The topological polar surface area (TPSA) is 52.1 Å². The van der Waals surface area contributed by atoms with Crippen molar-refractivity contribution in [2.45, 2.75) is 13.8 Å². The maximum absolute atomic E-state index is 5.41. The summed E-state index contributed by atoms with van der Waals surface area (Å²) in [5, 5.41) is 3.86. The van der Waals surface area contributed by atoms with Crippen molar-refractivity contribution in [1.82, 2.24) is 10.1 Å². The SMILES string of the molecule is Cc1cc(-c2ccc3oc(C)nc3c2)on1. The summed E-state index contributed by atoms with van der Waals surface area (Å²) in [6.45, 7) is 3.73. The van der Waals surface area contributed by atoms with E-state index in [4.69, 9.17) is 8.94 Å². The third kappa shape index (κ3) is 1.39. The third-order valence-electron chi connectivity index (χ3n) is 2.41. The quantitative estimate of drug-likeness (QED) is 0.624. The minimum absolute atomic E-state index is 0.668. The van der Waals surface area contributed by atoms with E-state index in [1.807, 2.05) is 38.1 Å². The fourth-order valence-corrected chi connectivity index (χ4v) is 1.70. The highest BCUT2D eigenvalue weighted by molar-refractivity contribution is 5.79. The third-order valence-corrected chi connectivity index (χ3v) is 2.41. The summed E-state index contributed by atoms with van der Waals surface area (Å²) in [6, 6.07) is 7.66. The van der Waals surface area contributed by atoms with Gasteiger partial charge in [0.05, 0.1) is 5.69 Å². The van der Waals surface area contributed by atoms with Gasteiger partial charge in [0.1, 0.15) is 5.52 Å². The molecule has 2 aromatic heterocycles. The maximum Gasteiger partial charge on any atom is 0.192 e. The summed E-state index contributed by atoms with van der Waals surface area (Å²) in [6.07, 6.45) is 0. The van der Waals surface area contributed by atoms with Crippen LogP contribution in [0.1, 0.15) is 11.6 Å². The molecule has 0 bridgehead atoms. The molecule has 0 atom stereocenters. The lowest BCUT2D eigenvalue weighted by Crippen LogP contribution is -1.74. The molecule has 0 N–H and O–H groups in total. The molecule has 4 nitrogen and oxygen atoms in total. The zero-order valence-corrected chi connectivity index (χ0v) is 9.02. The van der Waals surface area contributed by atoms with Crippen LogP contribution in [0, 0.1) is 13.8 Å². The van der Waals surface area contributed by atoms with Gasteiger partial charge < -0.3 is 8.94 Å². The lowest BCUT2D eigenvalue weighted by molar-refractivity contribution is 0.427. The van der Waals surface area contributed by atoms with Gasteiger partial charge in [-0.3, -0.25) is 0 Å². The highest BCUT2D eigenvalue weighted by Crippen LogP contribution is 2.25. The van der Waals surface area contributed by atoms with Gasteiger partial charge in [0, 0.05) is 18.6 Å². The first-order valence-corrected chi connectivity index (χ1v) is 5.03. The standard InChI is InChI=1S/C12H10N2O2/c1-7-5-12(16-14-7)9-3-4-11-10(6-9)13-8(2)15-11/h3-6H,1-2H3. The maximum atomic E-state index is 5.41. The Bertz CT molecular complexity index is 652. The Morgan fingerprint density at radius 3 is 2.75 bits per heavy atom. The number of hydrogen-bond donors (Lipinski definition) is 0. The van der Waals surface area contributed by atoms with Gasteiger partial charge in [-0.2, -0.15) is 0 Å². The first-order chi connectivity index (χ1) is 7.72. The highest BCUT2D eigenvalue weighted by atomic mass is 16.5. The van der Waals surface area contributed by atoms with Crippen LogP contribution < -0.4 is 0 Å². The molecule has 80 valence electrons. The Morgan fingerprint density at radius 1 is 1.12 bits per heavy atom. The van der Waals surface area contributed by atoms with Crippen LogP contribution in [-0.4, -0.2) is 10.1 Å². The van der Waals surface area contributed by atoms with Crippen molar-refractivity contribution >= 4 is 11.1 Å². The highest BCUT2D eigenvalue weighted by Gasteiger charge is 2.07. The summed E-state index contributed by atoms with van der Waals surface area (Å²) < 4.78 is 10.6. The molecule has 0 spiro atoms. The van der Waals surface area contributed by atoms with Crippen molar-refractivity contribution in [3.8, 4) is 11.3 Å². The van der Waals surface area contributed by atoms with Crippen LogP contribution in [0.3, 0.4) is 0 Å². The normalized spacial score (nSPS) is 11.1. The van der Waals surface area contributed by atoms with E-state index in [0.29, 0.717) is 5.89 Å². The van der Waals surface area contributed by atoms with E-state index in [-0.39, 0.29) is 0 Å². The van der Waals surface area contributed by atoms with Crippen LogP contribution in [0.2, 0.25) is 0 Å². The molecule has 0 aliphatic rings. The smallest absolute Gasteiger partial charge is 0.192 e. The van der Waals surface area contributed by atoms with Gasteiger partial charge >= 0.3 is 0 Å². The molecule has 0 fully saturated rings. The summed E-state index contributed by atoms with van der Waals surface area (Å²) in [4.78, 5) is 4.28. The second-order valence-corrected chi connectivity index (χ2v) is 3.75. The summed E-state index contributed by atoms with van der Waals surface area (Å²) in [5.74, 6) is 1.42. The number of aryl methyl sites for hydroxylation is 2. The van der Waals surface area contributed by atoms with Crippen LogP contribution >= 0.6 is 0 Å². The second-order valence-electron chi connectivity index (χ2n) is 3.75. The molecule has 0 saturated heterocycles. The second kappa shape index (κ2) is 3.20. The van der Waals surface area contributed by atoms with E-state index in [2.05, 4.69) is 10.1 Å². The van der Waals surface area contributed by atoms with Crippen molar-refractivity contribution < 1.29 is 8.94 Å². The number of aromatic nitrogens is 2. The Labute approximate surface area is 91.9 Å². The fraction of sp³-hybridized carbons (Fsp3) is 0.167. The molecule has 0 aliphatic heterocycles. The number of oxazole rings is 1. The van der Waals surface area contributed by atoms with Crippen molar-refractivity contribution in [2.75, 3.05) is 0 Å². The summed E-state index contributed by atoms with van der Waals surface area (Å²) in [7, 11) is 0. The van der Waals surface area contributed by atoms with E-state index in [9.17, 15) is 0 Å². The number of fused-ring (bicyclic) bond motifs is 1. The van der Waals surface area contributed by atoms with Crippen molar-refractivity contribution in [1.29, 1.82) is 0 Å². The predicted octanol–water partition coefficient (Wildman–Crippen LogP) is 3.10. The van der Waals surface area contributed by atoms with Crippen molar-refractivity contribution in [3.63, 3.8) is 0 Å². The van der Waals surface area contributed by atoms with E-state index in [1.54, 1.807) is 0 Å². The molecular formula is C12H10N2O2. The van der Waals surface area contributed by atoms with Crippen LogP contribution in [0.25, 0.3) is 22.4 Å². The Balaban J connectivity index is 2.17. The number of benzene rings is 1. The van der Waals surface area contributed by atoms with Crippen LogP contribution in [-0.2, 0) is 0 Å². The van der Waals surface area contributed by atoms with Crippen LogP contribution in [0.5, 0.6) is 0 Å². The zero-order valence-electron chi connectivity index (χ0n) is 9.02. The van der Waals surface area contributed by atoms with Gasteiger partial charge in [0.25, 0.3) is 0 Å². The van der Waals surface area contributed by atoms with Gasteiger partial charge in [-0.15, -0.1) is 0 Å². The minimum atomic E-state index is 0.668. The van der Waals surface area contributed by atoms with Gasteiger partial charge in [-0.25, -0.2) is 4.98 Å². The summed E-state index contributed by atoms with van der Waals surface area (Å²) >= 11 is 0. The molecule has 0 saturated carbocycles. The Hall–Kier alpha value is -2.10. The predicted molar refractivity (Wildman–Crippen MR) is 59.0 cm³/mol. The fourth-order valence-electron chi connectivity index (χ4n) is 1.70. The average molecular weight is 214 g/mol. The Morgan fingerprint density at radius 2 is 2.00 bits per heavy atom. The first-order valence-electron chi connectivity index (χ1n) is 5.03. The van der Waals surface area contributed by atoms with E-state index in [1.165, 1.54) is 0 Å². The molecule has 0 unspecified atom stereocenters. The van der Waals surface area contributed by atoms with E-state index in [0.717, 1.165) is 28.1 Å². The first kappa shape index (κ1) is 9.15. The van der Waals surface area contributed by atoms with Crippen LogP contribution in [0.4, 0.5) is 0 Å². The lowest BCUT2D eigenvalue weighted by atomic mass is 10.1. The van der Waals surface area contributed by atoms with Gasteiger partial charge in [0.15, 0.2) is 17.2 Å². The van der Waals surface area contributed by atoms with Crippen LogP contribution in [0.15, 0.2) is 33.2 Å². The van der Waals surface area contributed by atoms with Crippen molar-refractivity contribution in [3.05, 3.63) is 35.9 Å². The molecule has 0 aliphatic carbocycles. The van der Waals surface area contributed by atoms with Gasteiger partial charge in [-0.1, -0.05) is 5.16 Å². The molecule has 0 radical (unpaired) electrons. The van der Waals surface area contributed by atoms with Gasteiger partial charge in [-0.05, 0) is 25.1 Å². The number of rotatable bonds is 1. The van der Waals surface area contributed by atoms with E-state index >= 15 is 0 Å². The lowest BCUT2D eigenvalue weighted by Gasteiger charge is -1.93. The Kier molecular flexibility index (Phi) is 1.83. The molecule has 2 heterocycles. The zero-order chi connectivity index (χ0) is 11.1. The number of nitrogens with zero attached hydrogens (tertiary/aromatic N) is 2. The molecule has 3 rings (SSSR count). The van der Waals surface area contributed by atoms with Gasteiger partial charge in [0.2, 0.25) is 0 Å². The number of hydrogen-bond acceptors (Lipinski definition) is 4.